The summed E-state index contributed by atoms with van der Waals surface area (Å²) in [5, 5.41) is 0. The normalized spacial score (nSPS) is 17.6. The van der Waals surface area contributed by atoms with Crippen molar-refractivity contribution in [1.29, 1.82) is 0 Å². The molecule has 2 aromatic rings. The van der Waals surface area contributed by atoms with Crippen LogP contribution in [0.15, 0.2) is 48.5 Å². The van der Waals surface area contributed by atoms with Crippen LogP contribution in [0.25, 0.3) is 0 Å². The summed E-state index contributed by atoms with van der Waals surface area (Å²) >= 11 is 0. The summed E-state index contributed by atoms with van der Waals surface area (Å²) in [6, 6.07) is 15.5. The van der Waals surface area contributed by atoms with Crippen LogP contribution in [0.5, 0.6) is 5.75 Å². The van der Waals surface area contributed by atoms with Crippen LogP contribution in [0.4, 0.5) is 0 Å². The van der Waals surface area contributed by atoms with Crippen molar-refractivity contribution in [3.8, 4) is 29.4 Å². The predicted molar refractivity (Wildman–Crippen MR) is 127 cm³/mol. The van der Waals surface area contributed by atoms with Crippen molar-refractivity contribution in [2.24, 2.45) is 11.8 Å². The molecule has 2 nitrogen and oxygen atoms in total. The number of carbonyl (C=O) groups is 1. The Balaban J connectivity index is 1.52. The molecule has 0 aromatic heterocycles. The fourth-order valence-corrected chi connectivity index (χ4v) is 3.82. The molecule has 31 heavy (non-hydrogen) atoms. The lowest BCUT2D eigenvalue weighted by Gasteiger charge is -2.26. The second-order valence-electron chi connectivity index (χ2n) is 8.30. The zero-order valence-electron chi connectivity index (χ0n) is 18.7. The first-order chi connectivity index (χ1) is 15.2. The molecule has 1 fully saturated rings. The molecule has 0 heterocycles. The Labute approximate surface area is 187 Å². The monoisotopic (exact) mass is 412 g/mol. The Morgan fingerprint density at radius 1 is 0.839 bits per heavy atom. The molecule has 0 bridgehead atoms. The van der Waals surface area contributed by atoms with Crippen LogP contribution in [0.3, 0.4) is 0 Å². The van der Waals surface area contributed by atoms with Crippen molar-refractivity contribution in [2.45, 2.75) is 65.2 Å². The van der Waals surface area contributed by atoms with Crippen LogP contribution in [0.2, 0.25) is 0 Å². The highest BCUT2D eigenvalue weighted by molar-refractivity contribution is 5.75. The zero-order chi connectivity index (χ0) is 21.9. The van der Waals surface area contributed by atoms with Crippen LogP contribution in [-0.4, -0.2) is 5.97 Å². The van der Waals surface area contributed by atoms with Crippen LogP contribution in [-0.2, 0) is 4.79 Å². The van der Waals surface area contributed by atoms with Gasteiger partial charge in [-0.1, -0.05) is 50.4 Å². The second kappa shape index (κ2) is 12.0. The third kappa shape index (κ3) is 7.34. The van der Waals surface area contributed by atoms with Gasteiger partial charge in [-0.2, -0.15) is 0 Å². The zero-order valence-corrected chi connectivity index (χ0v) is 18.7. The van der Waals surface area contributed by atoms with E-state index in [2.05, 4.69) is 37.5 Å². The van der Waals surface area contributed by atoms with E-state index in [0.29, 0.717) is 5.75 Å². The summed E-state index contributed by atoms with van der Waals surface area (Å²) in [7, 11) is 0. The number of benzene rings is 2. The van der Waals surface area contributed by atoms with Crippen molar-refractivity contribution in [3.63, 3.8) is 0 Å². The lowest BCUT2D eigenvalue weighted by atomic mass is 9.81. The molecule has 2 heteroatoms. The average Bonchev–Trinajstić information content (AvgIpc) is 2.82. The summed E-state index contributed by atoms with van der Waals surface area (Å²) in [6.07, 6.45) is 8.65. The first-order valence-electron chi connectivity index (χ1n) is 11.6. The molecule has 1 saturated carbocycles. The molecule has 1 aliphatic carbocycles. The molecular weight excluding hydrogens is 380 g/mol. The number of hydrogen-bond donors (Lipinski definition) is 0. The van der Waals surface area contributed by atoms with Gasteiger partial charge in [0, 0.05) is 23.1 Å². The van der Waals surface area contributed by atoms with Gasteiger partial charge in [-0.3, -0.25) is 4.79 Å². The Hall–Kier alpha value is -2.97. The molecule has 160 valence electrons. The summed E-state index contributed by atoms with van der Waals surface area (Å²) in [6.45, 7) is 4.40. The highest BCUT2D eigenvalue weighted by Crippen LogP contribution is 2.31. The number of esters is 1. The van der Waals surface area contributed by atoms with E-state index in [0.717, 1.165) is 61.1 Å². The largest absolute Gasteiger partial charge is 0.426 e. The predicted octanol–water partition coefficient (Wildman–Crippen LogP) is 6.75. The standard InChI is InChI=1S/C29H32O2/c1-3-5-6-7-8-24-9-11-25(12-10-24)13-14-26-17-21-28(22-18-26)31-29(30)27-19-15-23(4-2)16-20-27/h9-12,17-18,21-23,27H,3-6,15-16,19-20H2,1-2H3/t23-,27-. The number of ether oxygens (including phenoxy) is 1. The van der Waals surface area contributed by atoms with Crippen molar-refractivity contribution >= 4 is 5.97 Å². The van der Waals surface area contributed by atoms with E-state index in [1.807, 2.05) is 48.5 Å². The van der Waals surface area contributed by atoms with Gasteiger partial charge in [0.25, 0.3) is 0 Å². The van der Waals surface area contributed by atoms with E-state index in [9.17, 15) is 4.79 Å². The van der Waals surface area contributed by atoms with Gasteiger partial charge in [0.15, 0.2) is 0 Å². The van der Waals surface area contributed by atoms with Gasteiger partial charge < -0.3 is 4.74 Å². The number of carbonyl (C=O) groups excluding carboxylic acids is 1. The van der Waals surface area contributed by atoms with Gasteiger partial charge in [0.1, 0.15) is 5.75 Å². The van der Waals surface area contributed by atoms with Gasteiger partial charge in [0.05, 0.1) is 5.92 Å². The van der Waals surface area contributed by atoms with Crippen LogP contribution in [0.1, 0.15) is 81.9 Å². The quantitative estimate of drug-likeness (QED) is 0.235. The number of rotatable bonds is 5. The molecular formula is C29H32O2. The molecule has 1 aliphatic rings. The Morgan fingerprint density at radius 2 is 1.39 bits per heavy atom. The molecule has 0 amide bonds. The first-order valence-corrected chi connectivity index (χ1v) is 11.6. The fourth-order valence-electron chi connectivity index (χ4n) is 3.82. The molecule has 0 spiro atoms. The molecule has 0 aliphatic heterocycles. The Kier molecular flexibility index (Phi) is 8.81. The van der Waals surface area contributed by atoms with Crippen LogP contribution in [0, 0.1) is 35.5 Å². The lowest BCUT2D eigenvalue weighted by Crippen LogP contribution is -2.25. The molecule has 0 radical (unpaired) electrons. The first kappa shape index (κ1) is 22.7. The van der Waals surface area contributed by atoms with Gasteiger partial charge >= 0.3 is 5.97 Å². The van der Waals surface area contributed by atoms with E-state index in [-0.39, 0.29) is 11.9 Å². The van der Waals surface area contributed by atoms with E-state index in [4.69, 9.17) is 4.74 Å². The summed E-state index contributed by atoms with van der Waals surface area (Å²) in [5.74, 6) is 14.1. The fraction of sp³-hybridized carbons (Fsp3) is 0.414. The van der Waals surface area contributed by atoms with Crippen LogP contribution < -0.4 is 4.74 Å². The minimum atomic E-state index is -0.0914. The summed E-state index contributed by atoms with van der Waals surface area (Å²) < 4.78 is 5.60. The Morgan fingerprint density at radius 3 is 1.94 bits per heavy atom. The highest BCUT2D eigenvalue weighted by Gasteiger charge is 2.26. The maximum Gasteiger partial charge on any atom is 0.314 e. The van der Waals surface area contributed by atoms with Crippen molar-refractivity contribution in [3.05, 3.63) is 65.2 Å². The van der Waals surface area contributed by atoms with E-state index >= 15 is 0 Å². The summed E-state index contributed by atoms with van der Waals surface area (Å²) in [5.41, 5.74) is 2.87. The molecule has 0 N–H and O–H groups in total. The molecule has 2 aromatic carbocycles. The van der Waals surface area contributed by atoms with Gasteiger partial charge in [-0.05, 0) is 86.6 Å². The minimum Gasteiger partial charge on any atom is -0.426 e. The van der Waals surface area contributed by atoms with E-state index in [1.54, 1.807) is 0 Å². The molecule has 0 unspecified atom stereocenters. The average molecular weight is 413 g/mol. The smallest absolute Gasteiger partial charge is 0.314 e. The van der Waals surface area contributed by atoms with Gasteiger partial charge in [0.2, 0.25) is 0 Å². The van der Waals surface area contributed by atoms with Crippen molar-refractivity contribution < 1.29 is 9.53 Å². The topological polar surface area (TPSA) is 26.3 Å². The van der Waals surface area contributed by atoms with Crippen molar-refractivity contribution in [1.82, 2.24) is 0 Å². The highest BCUT2D eigenvalue weighted by atomic mass is 16.5. The van der Waals surface area contributed by atoms with Crippen LogP contribution >= 0.6 is 0 Å². The number of unbranched alkanes of at least 4 members (excludes halogenated alkanes) is 2. The third-order valence-corrected chi connectivity index (χ3v) is 5.95. The Bertz CT molecular complexity index is 954. The molecule has 3 rings (SSSR count). The lowest BCUT2D eigenvalue weighted by molar-refractivity contribution is -0.140. The maximum absolute atomic E-state index is 12.4. The molecule has 0 atom stereocenters. The summed E-state index contributed by atoms with van der Waals surface area (Å²) in [4.78, 5) is 12.4. The van der Waals surface area contributed by atoms with Gasteiger partial charge in [-0.25, -0.2) is 0 Å². The number of hydrogen-bond acceptors (Lipinski definition) is 2. The SMILES string of the molecule is CCCCC#Cc1ccc(C#Cc2ccc(OC(=O)[C@H]3CC[C@H](CC)CC3)cc2)cc1. The second-order valence-corrected chi connectivity index (χ2v) is 8.30. The van der Waals surface area contributed by atoms with E-state index in [1.165, 1.54) is 12.8 Å². The van der Waals surface area contributed by atoms with E-state index < -0.39 is 0 Å². The maximum atomic E-state index is 12.4. The minimum absolute atomic E-state index is 0.0431. The van der Waals surface area contributed by atoms with Gasteiger partial charge in [-0.15, -0.1) is 0 Å². The molecule has 0 saturated heterocycles. The third-order valence-electron chi connectivity index (χ3n) is 5.95. The van der Waals surface area contributed by atoms with Crippen molar-refractivity contribution in [2.75, 3.05) is 0 Å².